The molecule has 0 aliphatic carbocycles. The first kappa shape index (κ1) is 70.7. The smallest absolute Gasteiger partial charge is 0.160 e. The maximum atomic E-state index is 6.81. The van der Waals surface area contributed by atoms with E-state index in [1.165, 1.54) is 0 Å². The second-order valence-electron chi connectivity index (χ2n) is 32.6. The Bertz CT molecular complexity index is 8840. The molecule has 0 amide bonds. The molecule has 26 aromatic rings. The molecule has 126 heavy (non-hydrogen) atoms. The van der Waals surface area contributed by atoms with E-state index >= 15 is 0 Å². The van der Waals surface area contributed by atoms with Gasteiger partial charge in [-0.1, -0.05) is 267 Å². The molecule has 0 atom stereocenters. The van der Waals surface area contributed by atoms with Crippen LogP contribution in [0.4, 0.5) is 0 Å². The van der Waals surface area contributed by atoms with Crippen molar-refractivity contribution in [3.63, 3.8) is 0 Å². The van der Waals surface area contributed by atoms with Crippen molar-refractivity contribution < 1.29 is 26.5 Å². The van der Waals surface area contributed by atoms with Crippen molar-refractivity contribution in [2.75, 3.05) is 0 Å². The molecule has 0 aliphatic rings. The lowest BCUT2D eigenvalue weighted by atomic mass is 9.93. The summed E-state index contributed by atoms with van der Waals surface area (Å²) in [7, 11) is 0. The van der Waals surface area contributed by atoms with Crippen LogP contribution in [-0.4, -0.2) is 19.9 Å². The van der Waals surface area contributed by atoms with Gasteiger partial charge >= 0.3 is 0 Å². The molecule has 18 aromatic carbocycles. The minimum Gasteiger partial charge on any atom is -0.456 e. The molecule has 26 rings (SSSR count). The van der Waals surface area contributed by atoms with Crippen molar-refractivity contribution in [1.82, 2.24) is 19.9 Å². The van der Waals surface area contributed by atoms with Crippen LogP contribution in [0.5, 0.6) is 0 Å². The third-order valence-corrected chi connectivity index (χ3v) is 25.1. The predicted octanol–water partition coefficient (Wildman–Crippen LogP) is 32.3. The van der Waals surface area contributed by atoms with E-state index in [1.54, 1.807) is 0 Å². The van der Waals surface area contributed by atoms with Gasteiger partial charge in [0, 0.05) is 115 Å². The van der Waals surface area contributed by atoms with Gasteiger partial charge in [0.1, 0.15) is 67.0 Å². The van der Waals surface area contributed by atoms with Crippen molar-refractivity contribution in [3.8, 4) is 146 Å². The highest BCUT2D eigenvalue weighted by molar-refractivity contribution is 6.15. The Balaban J connectivity index is 0.526. The van der Waals surface area contributed by atoms with Crippen LogP contribution >= 0.6 is 0 Å². The van der Waals surface area contributed by atoms with Gasteiger partial charge in [-0.25, -0.2) is 19.9 Å². The van der Waals surface area contributed by atoms with Crippen LogP contribution in [0.3, 0.4) is 0 Å². The van der Waals surface area contributed by atoms with E-state index in [9.17, 15) is 0 Å². The molecule has 0 radical (unpaired) electrons. The van der Waals surface area contributed by atoms with Crippen molar-refractivity contribution in [1.29, 1.82) is 0 Å². The van der Waals surface area contributed by atoms with E-state index in [-0.39, 0.29) is 0 Å². The molecule has 8 aromatic heterocycles. The van der Waals surface area contributed by atoms with Gasteiger partial charge in [0.05, 0.1) is 22.8 Å². The van der Waals surface area contributed by atoms with Crippen LogP contribution in [-0.2, 0) is 0 Å². The van der Waals surface area contributed by atoms with E-state index in [0.29, 0.717) is 11.6 Å². The Kier molecular flexibility index (Phi) is 15.9. The standard InChI is InChI=1S/C116H66N4O6/c1-3-18-71(19-4-1)115-118-100(70-42-38-68(39-43-70)84-26-15-29-93-87-22-7-12-33-104(87)124-112(84)93)65-101(119-115)82-55-78(74-47-52-107-96(61-74)90-25-10-11-32-103(90)121-107)54-79(56-82)75-48-53-109-98(62-75)92-50-45-77(64-111(92)123-109)76-44-49-91-97-60-73(46-51-108(97)122-110(91)63-76)67-36-40-69(41-37-67)99-66-102(120-116(117-99)72-20-5-2-6-21-72)83-58-80(85-27-16-30-94-88-23-8-13-34-105(88)125-113(85)94)57-81(59-83)86-28-17-31-95-89-24-9-14-35-106(89)126-114(86)95/h1-66H. The fourth-order valence-corrected chi connectivity index (χ4v) is 18.9. The quantitative estimate of drug-likeness (QED) is 0.110. The number of para-hydroxylation sites is 7. The second kappa shape index (κ2) is 28.3. The highest BCUT2D eigenvalue weighted by atomic mass is 16.3. The lowest BCUT2D eigenvalue weighted by Crippen LogP contribution is -1.96. The molecule has 10 nitrogen and oxygen atoms in total. The zero-order valence-electron chi connectivity index (χ0n) is 67.3. The zero-order chi connectivity index (χ0) is 82.6. The van der Waals surface area contributed by atoms with E-state index in [2.05, 4.69) is 315 Å². The van der Waals surface area contributed by atoms with Gasteiger partial charge in [-0.05, 0) is 195 Å². The fraction of sp³-hybridized carbons (Fsp3) is 0. The average molecular weight is 1610 g/mol. The number of benzene rings is 18. The van der Waals surface area contributed by atoms with E-state index in [4.69, 9.17) is 46.4 Å². The van der Waals surface area contributed by atoms with E-state index in [0.717, 1.165) is 266 Å². The molecule has 0 spiro atoms. The summed E-state index contributed by atoms with van der Waals surface area (Å²) in [5.41, 5.74) is 33.0. The van der Waals surface area contributed by atoms with Crippen LogP contribution < -0.4 is 0 Å². The fourth-order valence-electron chi connectivity index (χ4n) is 18.9. The van der Waals surface area contributed by atoms with Gasteiger partial charge < -0.3 is 26.5 Å². The second-order valence-corrected chi connectivity index (χ2v) is 32.6. The Labute approximate surface area is 719 Å². The highest BCUT2D eigenvalue weighted by Crippen LogP contribution is 2.47. The maximum absolute atomic E-state index is 6.81. The van der Waals surface area contributed by atoms with E-state index < -0.39 is 0 Å². The summed E-state index contributed by atoms with van der Waals surface area (Å²) >= 11 is 0. The molecular weight excluding hydrogens is 1550 g/mol. The van der Waals surface area contributed by atoms with Crippen LogP contribution in [0, 0.1) is 0 Å². The van der Waals surface area contributed by atoms with Crippen LogP contribution in [0.2, 0.25) is 0 Å². The molecule has 0 saturated heterocycles. The number of fused-ring (bicyclic) bond motifs is 18. The number of hydrogen-bond donors (Lipinski definition) is 0. The summed E-state index contributed by atoms with van der Waals surface area (Å²) in [6, 6.07) is 140. The molecule has 10 heteroatoms. The van der Waals surface area contributed by atoms with Gasteiger partial charge in [0.15, 0.2) is 11.6 Å². The minimum absolute atomic E-state index is 0.620. The van der Waals surface area contributed by atoms with Gasteiger partial charge in [-0.3, -0.25) is 0 Å². The maximum Gasteiger partial charge on any atom is 0.160 e. The Morgan fingerprint density at radius 3 is 0.817 bits per heavy atom. The van der Waals surface area contributed by atoms with Crippen LogP contribution in [0.25, 0.3) is 277 Å². The SMILES string of the molecule is c1ccc(-c2nc(-c3ccc(-c4cccc5c4oc4ccccc45)cc3)cc(-c3cc(-c4ccc5oc6ccccc6c5c4)cc(-c4ccc5oc6cc(-c7ccc8c(c7)oc7ccc(-c9ccc(-c%10cc(-c%11cc(-c%12cccc%13c%12oc%12ccccc%12%13)cc(-c%12cccc%13c%12oc%12ccccc%12%13)c%11)nc(-c%11ccccc%11)n%10)cc9)cc78)ccc6c5c4)c3)n2)cc1. The monoisotopic (exact) mass is 1610 g/mol. The molecule has 586 valence electrons. The largest absolute Gasteiger partial charge is 0.456 e. The van der Waals surface area contributed by atoms with Gasteiger partial charge in [-0.2, -0.15) is 0 Å². The Hall–Kier alpha value is -17.1. The minimum atomic E-state index is 0.620. The third kappa shape index (κ3) is 11.9. The molecule has 0 N–H and O–H groups in total. The first-order chi connectivity index (χ1) is 62.3. The summed E-state index contributed by atoms with van der Waals surface area (Å²) in [5, 5.41) is 12.7. The zero-order valence-corrected chi connectivity index (χ0v) is 67.3. The summed E-state index contributed by atoms with van der Waals surface area (Å²) in [6.45, 7) is 0. The molecule has 8 heterocycles. The summed E-state index contributed by atoms with van der Waals surface area (Å²) in [5.74, 6) is 1.25. The summed E-state index contributed by atoms with van der Waals surface area (Å²) < 4.78 is 39.9. The predicted molar refractivity (Wildman–Crippen MR) is 512 cm³/mol. The number of rotatable bonds is 13. The molecule has 0 bridgehead atoms. The topological polar surface area (TPSA) is 130 Å². The van der Waals surface area contributed by atoms with Crippen molar-refractivity contribution >= 4 is 132 Å². The normalized spacial score (nSPS) is 12.0. The lowest BCUT2D eigenvalue weighted by Gasteiger charge is -2.14. The number of hydrogen-bond acceptors (Lipinski definition) is 10. The van der Waals surface area contributed by atoms with Crippen molar-refractivity contribution in [2.24, 2.45) is 0 Å². The summed E-state index contributed by atoms with van der Waals surface area (Å²) in [6.07, 6.45) is 0. The number of furan rings is 6. The van der Waals surface area contributed by atoms with Gasteiger partial charge in [0.25, 0.3) is 0 Å². The Morgan fingerprint density at radius 1 is 0.127 bits per heavy atom. The molecular formula is C116H66N4O6. The number of aromatic nitrogens is 4. The Morgan fingerprint density at radius 2 is 0.397 bits per heavy atom. The lowest BCUT2D eigenvalue weighted by molar-refractivity contribution is 0.668. The third-order valence-electron chi connectivity index (χ3n) is 25.1. The molecule has 0 fully saturated rings. The van der Waals surface area contributed by atoms with E-state index in [1.807, 2.05) is 84.9 Å². The first-order valence-electron chi connectivity index (χ1n) is 42.3. The van der Waals surface area contributed by atoms with Crippen molar-refractivity contribution in [2.45, 2.75) is 0 Å². The first-order valence-corrected chi connectivity index (χ1v) is 42.3. The van der Waals surface area contributed by atoms with Crippen molar-refractivity contribution in [3.05, 3.63) is 400 Å². The van der Waals surface area contributed by atoms with Gasteiger partial charge in [-0.15, -0.1) is 0 Å². The van der Waals surface area contributed by atoms with Crippen LogP contribution in [0.15, 0.2) is 427 Å². The highest BCUT2D eigenvalue weighted by Gasteiger charge is 2.24. The number of nitrogens with zero attached hydrogens (tertiary/aromatic N) is 4. The summed E-state index contributed by atoms with van der Waals surface area (Å²) in [4.78, 5) is 21.5. The average Bonchev–Trinajstić information content (AvgIpc) is 1.54. The van der Waals surface area contributed by atoms with Crippen LogP contribution in [0.1, 0.15) is 0 Å². The molecule has 0 saturated carbocycles. The van der Waals surface area contributed by atoms with Gasteiger partial charge in [0.2, 0.25) is 0 Å². The molecule has 0 aliphatic heterocycles. The molecule has 0 unspecified atom stereocenters.